The normalized spacial score (nSPS) is 26.3. The average Bonchev–Trinajstić information content (AvgIpc) is 2.73. The van der Waals surface area contributed by atoms with Crippen LogP contribution in [0.15, 0.2) is 36.4 Å². The highest BCUT2D eigenvalue weighted by Crippen LogP contribution is 2.46. The fourth-order valence-corrected chi connectivity index (χ4v) is 5.28. The molecule has 0 radical (unpaired) electrons. The summed E-state index contributed by atoms with van der Waals surface area (Å²) in [5.74, 6) is 0.294. The number of rotatable bonds is 5. The summed E-state index contributed by atoms with van der Waals surface area (Å²) in [7, 11) is 0. The summed E-state index contributed by atoms with van der Waals surface area (Å²) in [6.07, 6.45) is 1.85. The van der Waals surface area contributed by atoms with Crippen LogP contribution in [-0.4, -0.2) is 5.11 Å². The lowest BCUT2D eigenvalue weighted by atomic mass is 9.77. The number of aliphatic hydroxyl groups excluding tert-OH is 1. The first-order valence-corrected chi connectivity index (χ1v) is 11.5. The van der Waals surface area contributed by atoms with Crippen LogP contribution in [-0.2, 0) is 17.3 Å². The quantitative estimate of drug-likeness (QED) is 0.536. The fourth-order valence-electron chi connectivity index (χ4n) is 5.28. The zero-order valence-electron chi connectivity index (χ0n) is 18.2. The lowest BCUT2D eigenvalue weighted by Gasteiger charge is -2.33. The number of benzene rings is 2. The Morgan fingerprint density at radius 3 is 2.29 bits per heavy atom. The topological polar surface area (TPSA) is 29.5 Å². The van der Waals surface area contributed by atoms with Crippen LogP contribution in [0.2, 0.25) is 0 Å². The molecule has 168 valence electrons. The minimum atomic E-state index is -3.75. The van der Waals surface area contributed by atoms with Gasteiger partial charge in [0.15, 0.2) is 0 Å². The van der Waals surface area contributed by atoms with Gasteiger partial charge in [-0.25, -0.2) is 4.39 Å². The molecule has 0 bridgehead atoms. The van der Waals surface area contributed by atoms with E-state index in [0.717, 1.165) is 5.92 Å². The van der Waals surface area contributed by atoms with Crippen molar-refractivity contribution in [2.75, 3.05) is 0 Å². The van der Waals surface area contributed by atoms with Gasteiger partial charge in [0.2, 0.25) is 0 Å². The largest absolute Gasteiger partial charge is 0.389 e. The smallest absolute Gasteiger partial charge is 0.387 e. The summed E-state index contributed by atoms with van der Waals surface area (Å²) in [5, 5.41) is 9.66. The summed E-state index contributed by atoms with van der Waals surface area (Å²) in [6, 6.07) is 10.7. The van der Waals surface area contributed by atoms with E-state index in [1.54, 1.807) is 0 Å². The van der Waals surface area contributed by atoms with Crippen LogP contribution in [0.3, 0.4) is 0 Å². The Labute approximate surface area is 182 Å². The summed E-state index contributed by atoms with van der Waals surface area (Å²) >= 11 is 0. The highest BCUT2D eigenvalue weighted by Gasteiger charge is 2.46. The zero-order chi connectivity index (χ0) is 22.2. The van der Waals surface area contributed by atoms with E-state index in [1.807, 2.05) is 24.3 Å². The Balaban J connectivity index is 1.51. The Hall–Kier alpha value is -1.85. The van der Waals surface area contributed by atoms with E-state index in [1.165, 1.54) is 63.1 Å². The molecule has 2 aromatic rings. The van der Waals surface area contributed by atoms with Crippen LogP contribution in [0, 0.1) is 11.7 Å². The lowest BCUT2D eigenvalue weighted by molar-refractivity contribution is -0.284. The van der Waals surface area contributed by atoms with Crippen molar-refractivity contribution in [2.45, 2.75) is 83.0 Å². The number of hydrogen-bond acceptors (Lipinski definition) is 2. The van der Waals surface area contributed by atoms with Gasteiger partial charge < -0.3 is 9.84 Å². The van der Waals surface area contributed by atoms with Crippen LogP contribution in [0.1, 0.15) is 98.3 Å². The molecule has 2 nitrogen and oxygen atoms in total. The van der Waals surface area contributed by atoms with Crippen LogP contribution in [0.5, 0.6) is 0 Å². The maximum absolute atomic E-state index is 14.8. The van der Waals surface area contributed by atoms with Gasteiger partial charge in [-0.15, -0.1) is 0 Å². The molecule has 1 aliphatic carbocycles. The molecule has 0 aromatic heterocycles. The van der Waals surface area contributed by atoms with Gasteiger partial charge in [-0.2, -0.15) is 8.78 Å². The van der Waals surface area contributed by atoms with Crippen molar-refractivity contribution in [3.63, 3.8) is 0 Å². The maximum Gasteiger partial charge on any atom is 0.387 e. The second-order valence-electron chi connectivity index (χ2n) is 9.18. The minimum Gasteiger partial charge on any atom is -0.389 e. The first-order chi connectivity index (χ1) is 14.8. The maximum atomic E-state index is 14.8. The second-order valence-corrected chi connectivity index (χ2v) is 9.18. The molecule has 0 saturated heterocycles. The van der Waals surface area contributed by atoms with Gasteiger partial charge >= 0.3 is 6.11 Å². The van der Waals surface area contributed by atoms with Gasteiger partial charge in [0, 0.05) is 12.0 Å². The van der Waals surface area contributed by atoms with Crippen molar-refractivity contribution >= 4 is 0 Å². The molecular formula is C26H31F3O2. The van der Waals surface area contributed by atoms with Gasteiger partial charge in [-0.3, -0.25) is 0 Å². The standard InChI is InChI=1S/C26H31F3O2/c1-3-4-17-5-7-18(8-6-17)19-9-11-20(12-10-19)23-15-21-13-14-22(16(2)30)25(27)24(21)26(28,29)31-23/h9-14,16-18,23,30H,3-8,15H2,1-2H3. The Morgan fingerprint density at radius 1 is 1.03 bits per heavy atom. The zero-order valence-corrected chi connectivity index (χ0v) is 18.2. The van der Waals surface area contributed by atoms with E-state index < -0.39 is 29.7 Å². The molecule has 1 heterocycles. The molecule has 0 spiro atoms. The first kappa shape index (κ1) is 22.3. The number of ether oxygens (including phenoxy) is 1. The van der Waals surface area contributed by atoms with E-state index in [9.17, 15) is 18.3 Å². The molecule has 1 N–H and O–H groups in total. The predicted octanol–water partition coefficient (Wildman–Crippen LogP) is 7.32. The third-order valence-corrected chi connectivity index (χ3v) is 7.02. The van der Waals surface area contributed by atoms with Gasteiger partial charge in [-0.05, 0) is 61.1 Å². The molecule has 2 aromatic carbocycles. The molecule has 4 rings (SSSR count). The van der Waals surface area contributed by atoms with E-state index >= 15 is 0 Å². The number of alkyl halides is 2. The number of fused-ring (bicyclic) bond motifs is 1. The van der Waals surface area contributed by atoms with E-state index in [2.05, 4.69) is 6.92 Å². The molecule has 0 amide bonds. The van der Waals surface area contributed by atoms with Gasteiger partial charge in [0.05, 0.1) is 17.8 Å². The van der Waals surface area contributed by atoms with Crippen LogP contribution < -0.4 is 0 Å². The predicted molar refractivity (Wildman–Crippen MR) is 115 cm³/mol. The lowest BCUT2D eigenvalue weighted by Crippen LogP contribution is -2.31. The van der Waals surface area contributed by atoms with Crippen molar-refractivity contribution < 1.29 is 23.0 Å². The van der Waals surface area contributed by atoms with Gasteiger partial charge in [0.25, 0.3) is 0 Å². The van der Waals surface area contributed by atoms with E-state index in [0.29, 0.717) is 11.5 Å². The van der Waals surface area contributed by atoms with Crippen LogP contribution in [0.4, 0.5) is 13.2 Å². The molecule has 31 heavy (non-hydrogen) atoms. The molecule has 2 aliphatic rings. The Kier molecular flexibility index (Phi) is 6.45. The molecule has 2 unspecified atom stereocenters. The van der Waals surface area contributed by atoms with Gasteiger partial charge in [-0.1, -0.05) is 56.2 Å². The molecular weight excluding hydrogens is 401 g/mol. The van der Waals surface area contributed by atoms with Crippen molar-refractivity contribution in [3.8, 4) is 0 Å². The summed E-state index contributed by atoms with van der Waals surface area (Å²) in [4.78, 5) is 0. The van der Waals surface area contributed by atoms with E-state index in [-0.39, 0.29) is 17.5 Å². The molecule has 2 atom stereocenters. The highest BCUT2D eigenvalue weighted by atomic mass is 19.3. The Bertz CT molecular complexity index is 900. The summed E-state index contributed by atoms with van der Waals surface area (Å²) in [5.41, 5.74) is 1.27. The third kappa shape index (κ3) is 4.54. The molecule has 5 heteroatoms. The highest BCUT2D eigenvalue weighted by molar-refractivity contribution is 5.40. The fraction of sp³-hybridized carbons (Fsp3) is 0.538. The van der Waals surface area contributed by atoms with Crippen LogP contribution in [0.25, 0.3) is 0 Å². The van der Waals surface area contributed by atoms with Gasteiger partial charge in [0.1, 0.15) is 5.82 Å². The molecule has 1 saturated carbocycles. The number of hydrogen-bond donors (Lipinski definition) is 1. The van der Waals surface area contributed by atoms with Crippen molar-refractivity contribution in [3.05, 3.63) is 70.0 Å². The van der Waals surface area contributed by atoms with Crippen molar-refractivity contribution in [1.82, 2.24) is 0 Å². The number of aliphatic hydroxyl groups is 1. The third-order valence-electron chi connectivity index (χ3n) is 7.02. The Morgan fingerprint density at radius 2 is 1.68 bits per heavy atom. The molecule has 1 aliphatic heterocycles. The minimum absolute atomic E-state index is 0.140. The van der Waals surface area contributed by atoms with E-state index in [4.69, 9.17) is 4.74 Å². The van der Waals surface area contributed by atoms with Crippen molar-refractivity contribution in [2.24, 2.45) is 5.92 Å². The summed E-state index contributed by atoms with van der Waals surface area (Å²) < 4.78 is 49.2. The average molecular weight is 433 g/mol. The second kappa shape index (κ2) is 8.95. The SMILES string of the molecule is CCCC1CCC(c2ccc(C3Cc4ccc(C(C)O)c(F)c4C(F)(F)O3)cc2)CC1. The first-order valence-electron chi connectivity index (χ1n) is 11.5. The summed E-state index contributed by atoms with van der Waals surface area (Å²) in [6.45, 7) is 3.59. The monoisotopic (exact) mass is 432 g/mol. The van der Waals surface area contributed by atoms with Crippen LogP contribution >= 0.6 is 0 Å². The molecule has 1 fully saturated rings. The number of halogens is 3. The van der Waals surface area contributed by atoms with Crippen molar-refractivity contribution in [1.29, 1.82) is 0 Å².